The highest BCUT2D eigenvalue weighted by atomic mass is 16.5. The largest absolute Gasteiger partial charge is 0.460 e. The zero-order chi connectivity index (χ0) is 25.7. The summed E-state index contributed by atoms with van der Waals surface area (Å²) in [5.74, 6) is -4.61. The Morgan fingerprint density at radius 1 is 0.676 bits per heavy atom. The number of nitrogens with zero attached hydrogens (tertiary/aromatic N) is 2. The van der Waals surface area contributed by atoms with Gasteiger partial charge in [-0.3, -0.25) is 29.1 Å². The van der Waals surface area contributed by atoms with Crippen molar-refractivity contribution in [3.8, 4) is 0 Å². The van der Waals surface area contributed by atoms with Gasteiger partial charge < -0.3 is 9.47 Å². The number of carbonyl (C=O) groups is 6. The first-order valence-electron chi connectivity index (χ1n) is 10.4. The van der Waals surface area contributed by atoms with Crippen LogP contribution in [0.4, 0.5) is 0 Å². The molecule has 0 radical (unpaired) electrons. The van der Waals surface area contributed by atoms with Crippen LogP contribution in [0.15, 0.2) is 36.7 Å². The van der Waals surface area contributed by atoms with Gasteiger partial charge in [0.25, 0.3) is 0 Å². The molecule has 10 heteroatoms. The van der Waals surface area contributed by atoms with Gasteiger partial charge in [-0.15, -0.1) is 0 Å². The Kier molecular flexibility index (Phi) is 11.6. The zero-order valence-electron chi connectivity index (χ0n) is 19.5. The number of carbonyl (C=O) groups excluding carboxylic acids is 6. The first-order chi connectivity index (χ1) is 16.1. The maximum atomic E-state index is 11.6. The van der Waals surface area contributed by atoms with Gasteiger partial charge in [-0.25, -0.2) is 9.59 Å². The van der Waals surface area contributed by atoms with Gasteiger partial charge in [0, 0.05) is 12.4 Å². The van der Waals surface area contributed by atoms with Gasteiger partial charge >= 0.3 is 11.9 Å². The Labute approximate surface area is 196 Å². The Bertz CT molecular complexity index is 993. The monoisotopic (exact) mass is 470 g/mol. The molecule has 2 aromatic rings. The number of rotatable bonds is 10. The third-order valence-electron chi connectivity index (χ3n) is 4.05. The van der Waals surface area contributed by atoms with Gasteiger partial charge in [-0.2, -0.15) is 0 Å². The van der Waals surface area contributed by atoms with Crippen molar-refractivity contribution in [1.29, 1.82) is 0 Å². The van der Waals surface area contributed by atoms with Crippen LogP contribution < -0.4 is 0 Å². The van der Waals surface area contributed by atoms with Gasteiger partial charge in [-0.1, -0.05) is 0 Å². The van der Waals surface area contributed by atoms with Crippen LogP contribution in [-0.4, -0.2) is 58.3 Å². The lowest BCUT2D eigenvalue weighted by molar-refractivity contribution is -0.153. The van der Waals surface area contributed by atoms with Crippen molar-refractivity contribution < 1.29 is 38.2 Å². The van der Waals surface area contributed by atoms with E-state index in [1.807, 2.05) is 13.8 Å². The Hall–Kier alpha value is -4.08. The first-order valence-corrected chi connectivity index (χ1v) is 10.4. The molecule has 0 aliphatic rings. The molecule has 0 unspecified atom stereocenters. The predicted octanol–water partition coefficient (Wildman–Crippen LogP) is 2.19. The van der Waals surface area contributed by atoms with E-state index in [9.17, 15) is 28.8 Å². The van der Waals surface area contributed by atoms with E-state index in [-0.39, 0.29) is 24.6 Å². The summed E-state index contributed by atoms with van der Waals surface area (Å²) in [4.78, 5) is 75.6. The van der Waals surface area contributed by atoms with Crippen molar-refractivity contribution in [3.05, 3.63) is 59.2 Å². The number of aromatic nitrogens is 2. The zero-order valence-corrected chi connectivity index (χ0v) is 19.5. The SMILES string of the molecule is CCOC(=O)C(=O)CC(=O)c1cc(C)ccn1.CCOC(=O)C(=O)CC(=O)c1cc(C)ccn1. The van der Waals surface area contributed by atoms with E-state index in [0.717, 1.165) is 11.1 Å². The van der Waals surface area contributed by atoms with Crippen molar-refractivity contribution in [1.82, 2.24) is 9.97 Å². The number of ketones is 4. The highest BCUT2D eigenvalue weighted by Gasteiger charge is 2.21. The van der Waals surface area contributed by atoms with Gasteiger partial charge in [0.05, 0.1) is 26.1 Å². The molecule has 0 bridgehead atoms. The maximum absolute atomic E-state index is 11.6. The molecule has 0 amide bonds. The van der Waals surface area contributed by atoms with E-state index in [1.54, 1.807) is 38.1 Å². The minimum Gasteiger partial charge on any atom is -0.460 e. The molecular formula is C24H26N2O8. The van der Waals surface area contributed by atoms with Crippen LogP contribution in [0.1, 0.15) is 58.8 Å². The van der Waals surface area contributed by atoms with E-state index < -0.39 is 47.9 Å². The molecule has 10 nitrogen and oxygen atoms in total. The average Bonchev–Trinajstić information content (AvgIpc) is 2.79. The minimum absolute atomic E-state index is 0.113. The van der Waals surface area contributed by atoms with Crippen LogP contribution in [0, 0.1) is 13.8 Å². The van der Waals surface area contributed by atoms with Crippen LogP contribution in [0.2, 0.25) is 0 Å². The van der Waals surface area contributed by atoms with Gasteiger partial charge in [-0.05, 0) is 63.1 Å². The standard InChI is InChI=1S/2C12H13NO4/c2*1-3-17-12(16)11(15)7-10(14)9-6-8(2)4-5-13-9/h2*4-6H,3,7H2,1-2H3. The van der Waals surface area contributed by atoms with Crippen molar-refractivity contribution >= 4 is 35.1 Å². The Balaban J connectivity index is 0.000000340. The van der Waals surface area contributed by atoms with Crippen LogP contribution in [0.5, 0.6) is 0 Å². The number of hydrogen-bond acceptors (Lipinski definition) is 10. The first kappa shape index (κ1) is 28.0. The third-order valence-corrected chi connectivity index (χ3v) is 4.05. The Morgan fingerprint density at radius 3 is 1.32 bits per heavy atom. The Morgan fingerprint density at radius 2 is 1.03 bits per heavy atom. The molecule has 2 heterocycles. The maximum Gasteiger partial charge on any atom is 0.375 e. The normalized spacial score (nSPS) is 9.76. The van der Waals surface area contributed by atoms with E-state index in [0.29, 0.717) is 0 Å². The lowest BCUT2D eigenvalue weighted by Crippen LogP contribution is -2.21. The molecule has 2 aromatic heterocycles. The number of hydrogen-bond donors (Lipinski definition) is 0. The summed E-state index contributed by atoms with van der Waals surface area (Å²) in [6.45, 7) is 7.03. The van der Waals surface area contributed by atoms with Crippen molar-refractivity contribution in [2.75, 3.05) is 13.2 Å². The smallest absolute Gasteiger partial charge is 0.375 e. The van der Waals surface area contributed by atoms with Crippen LogP contribution in [0.3, 0.4) is 0 Å². The molecule has 0 aromatic carbocycles. The second-order valence-corrected chi connectivity index (χ2v) is 6.92. The van der Waals surface area contributed by atoms with Gasteiger partial charge in [0.2, 0.25) is 11.6 Å². The predicted molar refractivity (Wildman–Crippen MR) is 119 cm³/mol. The fourth-order valence-corrected chi connectivity index (χ4v) is 2.42. The number of ether oxygens (including phenoxy) is 2. The van der Waals surface area contributed by atoms with Gasteiger partial charge in [0.1, 0.15) is 11.4 Å². The lowest BCUT2D eigenvalue weighted by atomic mass is 10.1. The topological polar surface area (TPSA) is 147 Å². The number of aryl methyl sites for hydroxylation is 2. The van der Waals surface area contributed by atoms with Crippen molar-refractivity contribution in [2.45, 2.75) is 40.5 Å². The number of esters is 2. The second-order valence-electron chi connectivity index (χ2n) is 6.92. The van der Waals surface area contributed by atoms with Crippen molar-refractivity contribution in [3.63, 3.8) is 0 Å². The van der Waals surface area contributed by atoms with E-state index in [4.69, 9.17) is 0 Å². The quantitative estimate of drug-likeness (QED) is 0.219. The minimum atomic E-state index is -0.978. The van der Waals surface area contributed by atoms with E-state index >= 15 is 0 Å². The van der Waals surface area contributed by atoms with Crippen molar-refractivity contribution in [2.24, 2.45) is 0 Å². The molecular weight excluding hydrogens is 444 g/mol. The summed E-state index contributed by atoms with van der Waals surface area (Å²) in [6.07, 6.45) is 1.96. The molecule has 0 saturated heterocycles. The molecule has 0 saturated carbocycles. The summed E-state index contributed by atoms with van der Waals surface area (Å²) in [5.41, 5.74) is 2.10. The molecule has 180 valence electrons. The summed E-state index contributed by atoms with van der Waals surface area (Å²) in [6, 6.07) is 6.62. The highest BCUT2D eigenvalue weighted by molar-refractivity contribution is 6.38. The number of pyridine rings is 2. The molecule has 2 rings (SSSR count). The van der Waals surface area contributed by atoms with E-state index in [1.165, 1.54) is 12.4 Å². The summed E-state index contributed by atoms with van der Waals surface area (Å²) >= 11 is 0. The molecule has 0 aliphatic carbocycles. The van der Waals surface area contributed by atoms with Crippen LogP contribution in [0.25, 0.3) is 0 Å². The molecule has 0 atom stereocenters. The molecule has 34 heavy (non-hydrogen) atoms. The average molecular weight is 470 g/mol. The molecule has 0 N–H and O–H groups in total. The van der Waals surface area contributed by atoms with Crippen LogP contribution in [-0.2, 0) is 28.7 Å². The lowest BCUT2D eigenvalue weighted by Gasteiger charge is -2.01. The summed E-state index contributed by atoms with van der Waals surface area (Å²) in [5, 5.41) is 0. The summed E-state index contributed by atoms with van der Waals surface area (Å²) in [7, 11) is 0. The van der Waals surface area contributed by atoms with Gasteiger partial charge in [0.15, 0.2) is 11.6 Å². The third kappa shape index (κ3) is 9.60. The fourth-order valence-electron chi connectivity index (χ4n) is 2.42. The molecule has 0 fully saturated rings. The van der Waals surface area contributed by atoms with Crippen LogP contribution >= 0.6 is 0 Å². The summed E-state index contributed by atoms with van der Waals surface area (Å²) < 4.78 is 9.01. The fraction of sp³-hybridized carbons (Fsp3) is 0.333. The number of Topliss-reactive ketones (excluding diaryl/α,β-unsaturated/α-hetero) is 4. The molecule has 0 spiro atoms. The molecule has 0 aliphatic heterocycles. The second kappa shape index (κ2) is 14.1. The van der Waals surface area contributed by atoms with E-state index in [2.05, 4.69) is 19.4 Å². The highest BCUT2D eigenvalue weighted by Crippen LogP contribution is 2.05.